The van der Waals surface area contributed by atoms with E-state index in [1.54, 1.807) is 6.07 Å². The fraction of sp³-hybridized carbons (Fsp3) is 0.267. The summed E-state index contributed by atoms with van der Waals surface area (Å²) in [6.07, 6.45) is 2.30. The van der Waals surface area contributed by atoms with E-state index in [2.05, 4.69) is 5.10 Å². The summed E-state index contributed by atoms with van der Waals surface area (Å²) in [6, 6.07) is 6.68. The Morgan fingerprint density at radius 2 is 1.83 bits per heavy atom. The molecule has 0 spiro atoms. The van der Waals surface area contributed by atoms with Gasteiger partial charge < -0.3 is 10.4 Å². The van der Waals surface area contributed by atoms with Gasteiger partial charge in [0.2, 0.25) is 0 Å². The molecular weight excluding hydrogens is 308 g/mol. The summed E-state index contributed by atoms with van der Waals surface area (Å²) in [5.41, 5.74) is -1.82. The highest BCUT2D eigenvalue weighted by atomic mass is 19.3. The fourth-order valence-corrected chi connectivity index (χ4v) is 1.78. The second-order valence-electron chi connectivity index (χ2n) is 5.43. The normalized spacial score (nSPS) is 12.0. The van der Waals surface area contributed by atoms with Crippen molar-refractivity contribution in [2.45, 2.75) is 25.3 Å². The van der Waals surface area contributed by atoms with Gasteiger partial charge in [-0.3, -0.25) is 9.48 Å². The van der Waals surface area contributed by atoms with Crippen LogP contribution in [0.3, 0.4) is 0 Å². The predicted octanol–water partition coefficient (Wildman–Crippen LogP) is 2.43. The van der Waals surface area contributed by atoms with Crippen LogP contribution in [0, 0.1) is 0 Å². The van der Waals surface area contributed by atoms with Gasteiger partial charge in [-0.1, -0.05) is 30.3 Å². The van der Waals surface area contributed by atoms with Crippen LogP contribution in [0.15, 0.2) is 42.7 Å². The number of aromatic nitrogens is 2. The summed E-state index contributed by atoms with van der Waals surface area (Å²) in [5.74, 6) is -6.38. The third kappa shape index (κ3) is 3.20. The Morgan fingerprint density at radius 3 is 2.39 bits per heavy atom. The smallest absolute Gasteiger partial charge is 0.350 e. The Labute approximate surface area is 130 Å². The maximum Gasteiger partial charge on any atom is 0.350 e. The van der Waals surface area contributed by atoms with Gasteiger partial charge in [0.05, 0.1) is 11.9 Å². The van der Waals surface area contributed by atoms with Gasteiger partial charge in [-0.05, 0) is 13.8 Å². The third-order valence-electron chi connectivity index (χ3n) is 3.36. The van der Waals surface area contributed by atoms with Crippen LogP contribution >= 0.6 is 0 Å². The van der Waals surface area contributed by atoms with Crippen molar-refractivity contribution >= 4 is 17.6 Å². The Hall–Kier alpha value is -2.77. The Morgan fingerprint density at radius 1 is 1.22 bits per heavy atom. The number of benzene rings is 1. The average Bonchev–Trinajstić information content (AvgIpc) is 2.97. The maximum absolute atomic E-state index is 14.1. The van der Waals surface area contributed by atoms with Crippen molar-refractivity contribution in [1.29, 1.82) is 0 Å². The quantitative estimate of drug-likeness (QED) is 0.885. The van der Waals surface area contributed by atoms with Crippen LogP contribution in [0.2, 0.25) is 0 Å². The number of rotatable bonds is 5. The number of aliphatic carboxylic acids is 1. The van der Waals surface area contributed by atoms with Gasteiger partial charge in [-0.25, -0.2) is 4.79 Å². The van der Waals surface area contributed by atoms with Crippen LogP contribution in [0.1, 0.15) is 19.4 Å². The van der Waals surface area contributed by atoms with Crippen molar-refractivity contribution in [3.05, 3.63) is 48.3 Å². The van der Waals surface area contributed by atoms with Crippen LogP contribution in [-0.4, -0.2) is 26.8 Å². The van der Waals surface area contributed by atoms with Crippen molar-refractivity contribution < 1.29 is 23.5 Å². The predicted molar refractivity (Wildman–Crippen MR) is 78.2 cm³/mol. The summed E-state index contributed by atoms with van der Waals surface area (Å²) in [6.45, 7) is 2.79. The SMILES string of the molecule is CC(C)(C(=O)O)n1cc(NC(=O)C(F)(F)c2ccccc2)cn1. The lowest BCUT2D eigenvalue weighted by Crippen LogP contribution is -2.36. The summed E-state index contributed by atoms with van der Waals surface area (Å²) < 4.78 is 29.2. The van der Waals surface area contributed by atoms with Crippen LogP contribution in [0.4, 0.5) is 14.5 Å². The highest BCUT2D eigenvalue weighted by Crippen LogP contribution is 2.29. The van der Waals surface area contributed by atoms with Crippen LogP contribution < -0.4 is 5.32 Å². The molecule has 2 aromatic rings. The number of carboxylic acid groups (broad SMARTS) is 1. The number of carbonyl (C=O) groups is 2. The summed E-state index contributed by atoms with van der Waals surface area (Å²) in [5, 5.41) is 14.9. The molecule has 2 N–H and O–H groups in total. The molecule has 6 nitrogen and oxygen atoms in total. The van der Waals surface area contributed by atoms with Gasteiger partial charge in [0.25, 0.3) is 5.91 Å². The minimum atomic E-state index is -3.72. The first-order chi connectivity index (χ1) is 10.7. The molecule has 0 radical (unpaired) electrons. The third-order valence-corrected chi connectivity index (χ3v) is 3.36. The van der Waals surface area contributed by atoms with Gasteiger partial charge in [0, 0.05) is 11.8 Å². The maximum atomic E-state index is 14.1. The zero-order chi connectivity index (χ0) is 17.3. The monoisotopic (exact) mass is 323 g/mol. The zero-order valence-corrected chi connectivity index (χ0v) is 12.5. The molecule has 0 aliphatic carbocycles. The molecule has 2 rings (SSSR count). The number of nitrogens with zero attached hydrogens (tertiary/aromatic N) is 2. The molecule has 23 heavy (non-hydrogen) atoms. The minimum absolute atomic E-state index is 0.0140. The number of nitrogens with one attached hydrogen (secondary N) is 1. The van der Waals surface area contributed by atoms with Gasteiger partial charge in [0.1, 0.15) is 0 Å². The molecule has 0 saturated carbocycles. The van der Waals surface area contributed by atoms with E-state index >= 15 is 0 Å². The van der Waals surface area contributed by atoms with E-state index in [0.29, 0.717) is 0 Å². The average molecular weight is 323 g/mol. The highest BCUT2D eigenvalue weighted by Gasteiger charge is 2.41. The van der Waals surface area contributed by atoms with Gasteiger partial charge in [0.15, 0.2) is 5.54 Å². The first kappa shape index (κ1) is 16.6. The molecule has 1 heterocycles. The molecular formula is C15H15F2N3O3. The molecule has 1 aromatic heterocycles. The lowest BCUT2D eigenvalue weighted by Gasteiger charge is -2.19. The van der Waals surface area contributed by atoms with E-state index in [1.165, 1.54) is 32.2 Å². The molecule has 1 amide bonds. The van der Waals surface area contributed by atoms with Crippen molar-refractivity contribution in [3.8, 4) is 0 Å². The lowest BCUT2D eigenvalue weighted by atomic mass is 10.1. The molecule has 122 valence electrons. The van der Waals surface area contributed by atoms with Crippen molar-refractivity contribution in [2.75, 3.05) is 5.32 Å². The van der Waals surface area contributed by atoms with E-state index in [1.807, 2.05) is 5.32 Å². The molecule has 0 aliphatic heterocycles. The van der Waals surface area contributed by atoms with Crippen LogP contribution in [-0.2, 0) is 21.1 Å². The Balaban J connectivity index is 2.19. The fourth-order valence-electron chi connectivity index (χ4n) is 1.78. The number of halogens is 2. The van der Waals surface area contributed by atoms with Crippen molar-refractivity contribution in [2.24, 2.45) is 0 Å². The van der Waals surface area contributed by atoms with Crippen molar-refractivity contribution in [3.63, 3.8) is 0 Å². The second-order valence-corrected chi connectivity index (χ2v) is 5.43. The number of hydrogen-bond acceptors (Lipinski definition) is 3. The number of carbonyl (C=O) groups excluding carboxylic acids is 1. The molecule has 0 unspecified atom stereocenters. The van der Waals surface area contributed by atoms with E-state index < -0.39 is 28.9 Å². The standard InChI is InChI=1S/C15H15F2N3O3/c1-14(2,13(22)23)20-9-11(8-18-20)19-12(21)15(16,17)10-6-4-3-5-7-10/h3-9H,1-2H3,(H,19,21)(H,22,23). The second kappa shape index (κ2) is 5.79. The lowest BCUT2D eigenvalue weighted by molar-refractivity contribution is -0.146. The van der Waals surface area contributed by atoms with Crippen molar-refractivity contribution in [1.82, 2.24) is 9.78 Å². The largest absolute Gasteiger partial charge is 0.479 e. The molecule has 0 fully saturated rings. The molecule has 8 heteroatoms. The number of anilines is 1. The molecule has 0 saturated heterocycles. The van der Waals surface area contributed by atoms with Crippen LogP contribution in [0.25, 0.3) is 0 Å². The number of amides is 1. The first-order valence-electron chi connectivity index (χ1n) is 6.69. The van der Waals surface area contributed by atoms with E-state index in [4.69, 9.17) is 5.11 Å². The number of alkyl halides is 2. The van der Waals surface area contributed by atoms with E-state index in [9.17, 15) is 18.4 Å². The van der Waals surface area contributed by atoms with E-state index in [-0.39, 0.29) is 5.69 Å². The Bertz CT molecular complexity index is 727. The van der Waals surface area contributed by atoms with Gasteiger partial charge in [-0.2, -0.15) is 13.9 Å². The Kier molecular flexibility index (Phi) is 4.18. The summed E-state index contributed by atoms with van der Waals surface area (Å²) in [4.78, 5) is 22.9. The van der Waals surface area contributed by atoms with E-state index in [0.717, 1.165) is 23.0 Å². The number of carboxylic acids is 1. The summed E-state index contributed by atoms with van der Waals surface area (Å²) in [7, 11) is 0. The van der Waals surface area contributed by atoms with Gasteiger partial charge in [-0.15, -0.1) is 0 Å². The highest BCUT2D eigenvalue weighted by molar-refractivity contribution is 5.96. The molecule has 0 bridgehead atoms. The summed E-state index contributed by atoms with van der Waals surface area (Å²) >= 11 is 0. The molecule has 1 aromatic carbocycles. The number of hydrogen-bond donors (Lipinski definition) is 2. The molecule has 0 aliphatic rings. The topological polar surface area (TPSA) is 84.2 Å². The molecule has 0 atom stereocenters. The van der Waals surface area contributed by atoms with Gasteiger partial charge >= 0.3 is 11.9 Å². The first-order valence-corrected chi connectivity index (χ1v) is 6.69. The zero-order valence-electron chi connectivity index (χ0n) is 12.5. The minimum Gasteiger partial charge on any atom is -0.479 e. The van der Waals surface area contributed by atoms with Crippen LogP contribution in [0.5, 0.6) is 0 Å².